The number of amides is 1. The van der Waals surface area contributed by atoms with Crippen molar-refractivity contribution in [3.63, 3.8) is 0 Å². The van der Waals surface area contributed by atoms with E-state index in [0.717, 1.165) is 48.1 Å². The second-order valence-electron chi connectivity index (χ2n) is 9.30. The van der Waals surface area contributed by atoms with Crippen LogP contribution in [0.5, 0.6) is 11.5 Å². The number of aliphatic imine (C=N–C) groups is 1. The van der Waals surface area contributed by atoms with Crippen LogP contribution in [0.1, 0.15) is 70.1 Å². The molecule has 4 rings (SSSR count). The van der Waals surface area contributed by atoms with Gasteiger partial charge in [-0.2, -0.15) is 0 Å². The third kappa shape index (κ3) is 6.61. The van der Waals surface area contributed by atoms with Crippen molar-refractivity contribution in [2.24, 2.45) is 4.99 Å². The van der Waals surface area contributed by atoms with Crippen LogP contribution in [-0.4, -0.2) is 32.0 Å². The van der Waals surface area contributed by atoms with Crippen molar-refractivity contribution in [1.82, 2.24) is 0 Å². The maximum absolute atomic E-state index is 13.6. The topological polar surface area (TPSA) is 86.2 Å². The largest absolute Gasteiger partial charge is 0.513 e. The number of benzene rings is 2. The van der Waals surface area contributed by atoms with Crippen molar-refractivity contribution in [2.45, 2.75) is 59.3 Å². The summed E-state index contributed by atoms with van der Waals surface area (Å²) in [5.74, 6) is 0.512. The Balaban J connectivity index is 1.65. The van der Waals surface area contributed by atoms with Crippen LogP contribution in [0.4, 0.5) is 15.5 Å². The SMILES string of the molecule is CCOC(=O)Oc1ccc(C=Nc2sc3c(c2C(=O)Nc2ccc(C)c(C)c2)CCCCCC3)cc1OC. The number of carbonyl (C=O) groups excluding carboxylic acids is 2. The highest BCUT2D eigenvalue weighted by Gasteiger charge is 2.24. The third-order valence-corrected chi connectivity index (χ3v) is 7.82. The van der Waals surface area contributed by atoms with Gasteiger partial charge in [0.15, 0.2) is 11.5 Å². The smallest absolute Gasteiger partial charge is 0.493 e. The van der Waals surface area contributed by atoms with Crippen LogP contribution in [0.2, 0.25) is 0 Å². The predicted molar refractivity (Wildman–Crippen MR) is 152 cm³/mol. The van der Waals surface area contributed by atoms with E-state index in [1.165, 1.54) is 30.4 Å². The van der Waals surface area contributed by atoms with E-state index in [1.54, 1.807) is 42.7 Å². The van der Waals surface area contributed by atoms with Gasteiger partial charge in [0.25, 0.3) is 5.91 Å². The standard InChI is InChI=1S/C30H34N2O5S/c1-5-36-30(34)37-24-15-13-21(17-25(24)35-4)18-31-29-27(23-10-8-6-7-9-11-26(23)38-29)28(33)32-22-14-12-19(2)20(3)16-22/h12-18H,5-11H2,1-4H3,(H,32,33). The molecule has 38 heavy (non-hydrogen) atoms. The van der Waals surface area contributed by atoms with Crippen molar-refractivity contribution in [3.05, 3.63) is 69.1 Å². The number of aryl methyl sites for hydroxylation is 3. The average molecular weight is 535 g/mol. The van der Waals surface area contributed by atoms with Gasteiger partial charge in [-0.05, 0) is 99.0 Å². The quantitative estimate of drug-likeness (QED) is 0.192. The summed E-state index contributed by atoms with van der Waals surface area (Å²) >= 11 is 1.60. The molecular weight excluding hydrogens is 500 g/mol. The average Bonchev–Trinajstić information content (AvgIpc) is 3.22. The number of ether oxygens (including phenoxy) is 3. The molecular formula is C30H34N2O5S. The lowest BCUT2D eigenvalue weighted by Gasteiger charge is -2.12. The molecule has 1 N–H and O–H groups in total. The number of fused-ring (bicyclic) bond motifs is 1. The van der Waals surface area contributed by atoms with Crippen LogP contribution in [0.3, 0.4) is 0 Å². The number of rotatable bonds is 7. The lowest BCUT2D eigenvalue weighted by Crippen LogP contribution is -2.14. The molecule has 0 radical (unpaired) electrons. The first-order valence-electron chi connectivity index (χ1n) is 13.0. The van der Waals surface area contributed by atoms with Crippen LogP contribution >= 0.6 is 11.3 Å². The fraction of sp³-hybridized carbons (Fsp3) is 0.367. The first-order valence-corrected chi connectivity index (χ1v) is 13.8. The van der Waals surface area contributed by atoms with Gasteiger partial charge in [0.05, 0.1) is 19.3 Å². The highest BCUT2D eigenvalue weighted by molar-refractivity contribution is 7.16. The zero-order valence-electron chi connectivity index (χ0n) is 22.4. The van der Waals surface area contributed by atoms with Crippen molar-refractivity contribution in [1.29, 1.82) is 0 Å². The van der Waals surface area contributed by atoms with Crippen LogP contribution in [0.25, 0.3) is 0 Å². The van der Waals surface area contributed by atoms with Crippen molar-refractivity contribution in [3.8, 4) is 11.5 Å². The molecule has 0 fully saturated rings. The molecule has 8 heteroatoms. The molecule has 200 valence electrons. The highest BCUT2D eigenvalue weighted by atomic mass is 32.1. The number of carbonyl (C=O) groups is 2. The fourth-order valence-electron chi connectivity index (χ4n) is 4.46. The number of methoxy groups -OCH3 is 1. The molecule has 2 aromatic carbocycles. The number of anilines is 1. The van der Waals surface area contributed by atoms with Gasteiger partial charge < -0.3 is 19.5 Å². The Labute approximate surface area is 227 Å². The molecule has 7 nitrogen and oxygen atoms in total. The number of hydrogen-bond donors (Lipinski definition) is 1. The molecule has 1 aromatic heterocycles. The van der Waals surface area contributed by atoms with Gasteiger partial charge in [-0.1, -0.05) is 18.9 Å². The first-order chi connectivity index (χ1) is 18.4. The van der Waals surface area contributed by atoms with E-state index in [1.807, 2.05) is 25.1 Å². The summed E-state index contributed by atoms with van der Waals surface area (Å²) in [4.78, 5) is 31.4. The maximum Gasteiger partial charge on any atom is 0.513 e. The summed E-state index contributed by atoms with van der Waals surface area (Å²) in [6.45, 7) is 6.02. The van der Waals surface area contributed by atoms with Crippen LogP contribution in [0.15, 0.2) is 41.4 Å². The van der Waals surface area contributed by atoms with E-state index in [2.05, 4.69) is 12.2 Å². The summed E-state index contributed by atoms with van der Waals surface area (Å²) in [6, 6.07) is 11.1. The lowest BCUT2D eigenvalue weighted by molar-refractivity contribution is 0.102. The van der Waals surface area contributed by atoms with Gasteiger partial charge in [-0.3, -0.25) is 4.79 Å². The molecule has 0 saturated heterocycles. The second kappa shape index (κ2) is 12.7. The molecule has 1 amide bonds. The second-order valence-corrected chi connectivity index (χ2v) is 10.4. The Bertz CT molecular complexity index is 1340. The van der Waals surface area contributed by atoms with Gasteiger partial charge >= 0.3 is 6.16 Å². The minimum absolute atomic E-state index is 0.130. The number of hydrogen-bond acceptors (Lipinski definition) is 7. The van der Waals surface area contributed by atoms with E-state index in [-0.39, 0.29) is 18.3 Å². The van der Waals surface area contributed by atoms with Gasteiger partial charge in [-0.25, -0.2) is 9.79 Å². The van der Waals surface area contributed by atoms with Crippen LogP contribution in [-0.2, 0) is 17.6 Å². The van der Waals surface area contributed by atoms with Crippen molar-refractivity contribution < 1.29 is 23.8 Å². The van der Waals surface area contributed by atoms with Crippen LogP contribution in [0, 0.1) is 13.8 Å². The Morgan fingerprint density at radius 2 is 1.79 bits per heavy atom. The van der Waals surface area contributed by atoms with E-state index in [4.69, 9.17) is 19.2 Å². The molecule has 1 heterocycles. The van der Waals surface area contributed by atoms with E-state index >= 15 is 0 Å². The zero-order chi connectivity index (χ0) is 27.1. The Morgan fingerprint density at radius 1 is 1.00 bits per heavy atom. The Morgan fingerprint density at radius 3 is 2.53 bits per heavy atom. The molecule has 0 atom stereocenters. The highest BCUT2D eigenvalue weighted by Crippen LogP contribution is 2.39. The molecule has 0 bridgehead atoms. The summed E-state index contributed by atoms with van der Waals surface area (Å²) < 4.78 is 15.5. The summed E-state index contributed by atoms with van der Waals surface area (Å²) in [5, 5.41) is 3.80. The molecule has 0 saturated carbocycles. The minimum Gasteiger partial charge on any atom is -0.493 e. The van der Waals surface area contributed by atoms with E-state index in [9.17, 15) is 9.59 Å². The van der Waals surface area contributed by atoms with Gasteiger partial charge in [-0.15, -0.1) is 11.3 Å². The third-order valence-electron chi connectivity index (χ3n) is 6.62. The van der Waals surface area contributed by atoms with E-state index < -0.39 is 6.16 Å². The number of nitrogens with zero attached hydrogens (tertiary/aromatic N) is 1. The monoisotopic (exact) mass is 534 g/mol. The predicted octanol–water partition coefficient (Wildman–Crippen LogP) is 7.57. The zero-order valence-corrected chi connectivity index (χ0v) is 23.2. The lowest BCUT2D eigenvalue weighted by atomic mass is 9.96. The molecule has 0 unspecified atom stereocenters. The molecule has 1 aliphatic rings. The maximum atomic E-state index is 13.6. The Kier molecular flexibility index (Phi) is 9.18. The number of thiophene rings is 1. The molecule has 3 aromatic rings. The molecule has 0 aliphatic heterocycles. The molecule has 0 spiro atoms. The minimum atomic E-state index is -0.789. The van der Waals surface area contributed by atoms with E-state index in [0.29, 0.717) is 16.3 Å². The molecule has 1 aliphatic carbocycles. The summed E-state index contributed by atoms with van der Waals surface area (Å²) in [5.41, 5.74) is 5.63. The van der Waals surface area contributed by atoms with Gasteiger partial charge in [0, 0.05) is 16.8 Å². The van der Waals surface area contributed by atoms with Gasteiger partial charge in [0.1, 0.15) is 5.00 Å². The first kappa shape index (κ1) is 27.4. The van der Waals surface area contributed by atoms with Crippen molar-refractivity contribution in [2.75, 3.05) is 19.0 Å². The Hall–Kier alpha value is -3.65. The van der Waals surface area contributed by atoms with Gasteiger partial charge in [0.2, 0.25) is 0 Å². The fourth-order valence-corrected chi connectivity index (χ4v) is 5.69. The summed E-state index contributed by atoms with van der Waals surface area (Å²) in [6.07, 6.45) is 7.33. The summed E-state index contributed by atoms with van der Waals surface area (Å²) in [7, 11) is 1.50. The van der Waals surface area contributed by atoms with Crippen molar-refractivity contribution >= 4 is 40.3 Å². The normalized spacial score (nSPS) is 13.4. The van der Waals surface area contributed by atoms with Crippen LogP contribution < -0.4 is 14.8 Å². The number of nitrogens with one attached hydrogen (secondary N) is 1.